The molecule has 1 aromatic carbocycles. The molecule has 2 saturated heterocycles. The summed E-state index contributed by atoms with van der Waals surface area (Å²) < 4.78 is 29.2. The smallest absolute Gasteiger partial charge is 0.395 e. The molecule has 3 aliphatic carbocycles. The van der Waals surface area contributed by atoms with Crippen molar-refractivity contribution in [3.63, 3.8) is 0 Å². The topological polar surface area (TPSA) is 58.6 Å². The normalized spacial score (nSPS) is 36.8. The average molecular weight is 445 g/mol. The van der Waals surface area contributed by atoms with Crippen LogP contribution in [0.4, 0.5) is 0 Å². The summed E-state index contributed by atoms with van der Waals surface area (Å²) in [7, 11) is -2.84. The minimum absolute atomic E-state index is 0.0807. The molecule has 0 radical (unpaired) electrons. The zero-order chi connectivity index (χ0) is 21.4. The van der Waals surface area contributed by atoms with Gasteiger partial charge in [0.25, 0.3) is 0 Å². The molecule has 2 saturated carbocycles. The highest BCUT2D eigenvalue weighted by molar-refractivity contribution is 7.55. The Labute approximate surface area is 184 Å². The zero-order valence-electron chi connectivity index (χ0n) is 18.6. The van der Waals surface area contributed by atoms with E-state index in [1.165, 1.54) is 30.9 Å². The van der Waals surface area contributed by atoms with Crippen LogP contribution in [0.1, 0.15) is 63.0 Å². The molecule has 6 rings (SSSR count). The molecule has 2 aliphatic heterocycles. The minimum atomic E-state index is -2.84. The lowest BCUT2D eigenvalue weighted by Crippen LogP contribution is -2.45. The van der Waals surface area contributed by atoms with Crippen LogP contribution in [0.5, 0.6) is 5.75 Å². The zero-order valence-corrected chi connectivity index (χ0v) is 19.5. The van der Waals surface area contributed by atoms with E-state index in [9.17, 15) is 9.36 Å². The lowest BCUT2D eigenvalue weighted by Gasteiger charge is -2.50. The van der Waals surface area contributed by atoms with Crippen molar-refractivity contribution in [2.24, 2.45) is 17.3 Å². The number of hydrogen-bond acceptors (Lipinski definition) is 4. The first kappa shape index (κ1) is 20.3. The van der Waals surface area contributed by atoms with Crippen LogP contribution in [-0.2, 0) is 20.5 Å². The van der Waals surface area contributed by atoms with Crippen LogP contribution in [-0.4, -0.2) is 47.6 Å². The summed E-state index contributed by atoms with van der Waals surface area (Å²) in [5.74, 6) is 2.50. The Hall–Kier alpha value is -1.36. The van der Waals surface area contributed by atoms with Crippen LogP contribution in [0.25, 0.3) is 0 Å². The Morgan fingerprint density at radius 1 is 1.10 bits per heavy atom. The molecule has 31 heavy (non-hydrogen) atoms. The van der Waals surface area contributed by atoms with Crippen LogP contribution in [0, 0.1) is 17.3 Å². The van der Waals surface area contributed by atoms with Gasteiger partial charge in [0.1, 0.15) is 11.9 Å². The molecule has 0 spiro atoms. The molecule has 7 heteroatoms. The van der Waals surface area contributed by atoms with E-state index in [2.05, 4.69) is 19.1 Å². The Balaban J connectivity index is 1.23. The number of benzene rings is 1. The number of aryl methyl sites for hydroxylation is 1. The first-order chi connectivity index (χ1) is 14.9. The average Bonchev–Trinajstić information content (AvgIpc) is 3.63. The van der Waals surface area contributed by atoms with E-state index in [0.29, 0.717) is 17.8 Å². The maximum Gasteiger partial charge on any atom is 0.395 e. The SMILES string of the molecule is CC(=O)O[C@@H]1CC[C@@H]2[C@@H]3CCc4cc(OP(=O)(N5CC5)N5CC5)ccc4[C@H]3CC[C@@]21C. The van der Waals surface area contributed by atoms with Gasteiger partial charge in [-0.15, -0.1) is 0 Å². The third kappa shape index (κ3) is 3.29. The molecule has 6 nitrogen and oxygen atoms in total. The summed E-state index contributed by atoms with van der Waals surface area (Å²) in [4.78, 5) is 11.6. The number of rotatable bonds is 5. The van der Waals surface area contributed by atoms with Crippen LogP contribution in [0.2, 0.25) is 0 Å². The van der Waals surface area contributed by atoms with Crippen molar-refractivity contribution in [2.75, 3.05) is 26.2 Å². The molecule has 168 valence electrons. The molecular formula is C24H33N2O4P. The first-order valence-electron chi connectivity index (χ1n) is 12.0. The van der Waals surface area contributed by atoms with Crippen molar-refractivity contribution in [1.82, 2.24) is 9.34 Å². The van der Waals surface area contributed by atoms with Crippen molar-refractivity contribution in [2.45, 2.75) is 64.4 Å². The Bertz CT molecular complexity index is 943. The highest BCUT2D eigenvalue weighted by atomic mass is 31.2. The number of esters is 1. The number of hydrogen-bond donors (Lipinski definition) is 0. The van der Waals surface area contributed by atoms with Crippen LogP contribution in [0.15, 0.2) is 18.2 Å². The van der Waals surface area contributed by atoms with Gasteiger partial charge in [-0.05, 0) is 79.5 Å². The van der Waals surface area contributed by atoms with Crippen LogP contribution >= 0.6 is 7.67 Å². The fraction of sp³-hybridized carbons (Fsp3) is 0.708. The molecule has 0 bridgehead atoms. The van der Waals surface area contributed by atoms with E-state index in [1.54, 1.807) is 0 Å². The summed E-state index contributed by atoms with van der Waals surface area (Å²) >= 11 is 0. The highest BCUT2D eigenvalue weighted by Crippen LogP contribution is 2.63. The monoisotopic (exact) mass is 444 g/mol. The number of ether oxygens (including phenoxy) is 1. The van der Waals surface area contributed by atoms with Crippen molar-refractivity contribution >= 4 is 13.6 Å². The fourth-order valence-corrected chi connectivity index (χ4v) is 9.15. The van der Waals surface area contributed by atoms with E-state index < -0.39 is 7.67 Å². The van der Waals surface area contributed by atoms with E-state index in [-0.39, 0.29) is 17.5 Å². The van der Waals surface area contributed by atoms with Gasteiger partial charge in [-0.1, -0.05) is 13.0 Å². The second-order valence-corrected chi connectivity index (χ2v) is 12.8. The fourth-order valence-electron chi connectivity index (χ4n) is 6.99. The molecule has 0 amide bonds. The van der Waals surface area contributed by atoms with E-state index >= 15 is 0 Å². The molecular weight excluding hydrogens is 411 g/mol. The number of fused-ring (bicyclic) bond motifs is 5. The predicted molar refractivity (Wildman–Crippen MR) is 118 cm³/mol. The van der Waals surface area contributed by atoms with Crippen LogP contribution in [0.3, 0.4) is 0 Å². The summed E-state index contributed by atoms with van der Waals surface area (Å²) in [6.45, 7) is 7.39. The molecule has 1 aromatic rings. The molecule has 2 heterocycles. The standard InChI is InChI=1S/C24H33N2O4P/c1-16(27)29-23-8-7-22-21-5-3-17-15-18(30-31(28,25-11-12-25)26-13-14-26)4-6-19(17)20(21)9-10-24(22,23)2/h4,6,15,20-23H,3,5,7-14H2,1-2H3/t20-,21-,22-,23-,24+/m1/s1. The summed E-state index contributed by atoms with van der Waals surface area (Å²) in [6.07, 6.45) is 6.76. The van der Waals surface area contributed by atoms with Crippen molar-refractivity contribution in [3.8, 4) is 5.75 Å². The highest BCUT2D eigenvalue weighted by Gasteiger charge is 2.56. The van der Waals surface area contributed by atoms with Crippen molar-refractivity contribution < 1.29 is 18.6 Å². The van der Waals surface area contributed by atoms with Crippen LogP contribution < -0.4 is 4.52 Å². The first-order valence-corrected chi connectivity index (χ1v) is 13.5. The summed E-state index contributed by atoms with van der Waals surface area (Å²) in [5.41, 5.74) is 2.96. The predicted octanol–water partition coefficient (Wildman–Crippen LogP) is 4.59. The maximum absolute atomic E-state index is 13.4. The molecule has 5 aliphatic rings. The van der Waals surface area contributed by atoms with Gasteiger partial charge in [-0.3, -0.25) is 4.79 Å². The molecule has 4 fully saturated rings. The molecule has 0 N–H and O–H groups in total. The van der Waals surface area contributed by atoms with E-state index in [1.807, 2.05) is 15.4 Å². The Morgan fingerprint density at radius 3 is 2.52 bits per heavy atom. The number of carbonyl (C=O) groups excluding carboxylic acids is 1. The lowest BCUT2D eigenvalue weighted by atomic mass is 9.55. The second-order valence-electron chi connectivity index (χ2n) is 10.5. The number of carbonyl (C=O) groups is 1. The second kappa shape index (κ2) is 7.07. The van der Waals surface area contributed by atoms with Gasteiger partial charge < -0.3 is 9.26 Å². The van der Waals surface area contributed by atoms with Gasteiger partial charge in [0.2, 0.25) is 0 Å². The molecule has 0 unspecified atom stereocenters. The Morgan fingerprint density at radius 2 is 1.84 bits per heavy atom. The summed E-state index contributed by atoms with van der Waals surface area (Å²) in [5, 5.41) is 0. The van der Waals surface area contributed by atoms with Gasteiger partial charge in [-0.25, -0.2) is 13.9 Å². The lowest BCUT2D eigenvalue weighted by molar-refractivity contribution is -0.154. The van der Waals surface area contributed by atoms with Gasteiger partial charge >= 0.3 is 13.6 Å². The van der Waals surface area contributed by atoms with E-state index in [0.717, 1.165) is 57.6 Å². The van der Waals surface area contributed by atoms with E-state index in [4.69, 9.17) is 9.26 Å². The van der Waals surface area contributed by atoms with Crippen molar-refractivity contribution in [3.05, 3.63) is 29.3 Å². The third-order valence-electron chi connectivity index (χ3n) is 8.71. The largest absolute Gasteiger partial charge is 0.462 e. The molecule has 5 atom stereocenters. The molecule has 0 aromatic heterocycles. The van der Waals surface area contributed by atoms with Gasteiger partial charge in [0.05, 0.1) is 0 Å². The maximum atomic E-state index is 13.4. The number of nitrogens with zero attached hydrogens (tertiary/aromatic N) is 2. The van der Waals surface area contributed by atoms with Gasteiger partial charge in [0, 0.05) is 38.5 Å². The van der Waals surface area contributed by atoms with Gasteiger partial charge in [0.15, 0.2) is 0 Å². The minimum Gasteiger partial charge on any atom is -0.462 e. The van der Waals surface area contributed by atoms with Gasteiger partial charge in [-0.2, -0.15) is 0 Å². The Kier molecular flexibility index (Phi) is 4.62. The summed E-state index contributed by atoms with van der Waals surface area (Å²) in [6, 6.07) is 6.46. The third-order valence-corrected chi connectivity index (χ3v) is 11.4. The van der Waals surface area contributed by atoms with Crippen molar-refractivity contribution in [1.29, 1.82) is 0 Å². The quantitative estimate of drug-likeness (QED) is 0.376.